The number of nitrogens with one attached hydrogen (secondary N) is 1. The molecule has 150 valence electrons. The second-order valence-electron chi connectivity index (χ2n) is 8.40. The largest absolute Gasteiger partial charge is 0.488 e. The van der Waals surface area contributed by atoms with Gasteiger partial charge in [0.1, 0.15) is 12.4 Å². The lowest BCUT2D eigenvalue weighted by atomic mass is 9.92. The van der Waals surface area contributed by atoms with Crippen molar-refractivity contribution in [2.45, 2.75) is 33.3 Å². The molecule has 0 saturated carbocycles. The molecule has 2 aliphatic rings. The molecular weight excluding hydrogens is 352 g/mol. The Labute approximate surface area is 166 Å². The third kappa shape index (κ3) is 3.78. The summed E-state index contributed by atoms with van der Waals surface area (Å²) in [6.07, 6.45) is 2.28. The van der Waals surface area contributed by atoms with E-state index in [0.29, 0.717) is 18.8 Å². The summed E-state index contributed by atoms with van der Waals surface area (Å²) in [7, 11) is 1.89. The monoisotopic (exact) mass is 382 g/mol. The van der Waals surface area contributed by atoms with E-state index in [1.54, 1.807) is 4.68 Å². The highest BCUT2D eigenvalue weighted by Crippen LogP contribution is 2.38. The van der Waals surface area contributed by atoms with Crippen LogP contribution in [0.25, 0.3) is 11.3 Å². The average molecular weight is 383 g/mol. The number of hydrogen-bond donors (Lipinski definition) is 1. The van der Waals surface area contributed by atoms with E-state index in [4.69, 9.17) is 4.74 Å². The van der Waals surface area contributed by atoms with Crippen molar-refractivity contribution < 1.29 is 9.53 Å². The number of likely N-dealkylation sites (tertiary alicyclic amines) is 1. The van der Waals surface area contributed by atoms with Crippen LogP contribution in [0.2, 0.25) is 0 Å². The molecule has 4 rings (SSSR count). The summed E-state index contributed by atoms with van der Waals surface area (Å²) in [5.74, 6) is 2.26. The van der Waals surface area contributed by atoms with Crippen LogP contribution in [-0.2, 0) is 13.7 Å². The van der Waals surface area contributed by atoms with Crippen molar-refractivity contribution in [3.63, 3.8) is 0 Å². The number of carbonyl (C=O) groups excluding carboxylic acids is 1. The van der Waals surface area contributed by atoms with Crippen LogP contribution in [0.15, 0.2) is 24.3 Å². The number of para-hydroxylation sites is 1. The molecule has 0 spiro atoms. The van der Waals surface area contributed by atoms with Crippen LogP contribution in [0.3, 0.4) is 0 Å². The van der Waals surface area contributed by atoms with Gasteiger partial charge >= 0.3 is 0 Å². The summed E-state index contributed by atoms with van der Waals surface area (Å²) in [4.78, 5) is 15.3. The Hall–Kier alpha value is -2.34. The lowest BCUT2D eigenvalue weighted by Crippen LogP contribution is -2.40. The molecule has 28 heavy (non-hydrogen) atoms. The molecule has 0 aliphatic carbocycles. The van der Waals surface area contributed by atoms with Gasteiger partial charge in [0.2, 0.25) is 0 Å². The standard InChI is InChI=1S/C22H30N4O2/c1-15-11-16(2)13-26(12-15)10-6-9-23-22(27)20-18-14-28-19-8-5-4-7-17(19)21(18)25(3)24-20/h4-5,7-8,15-16H,6,9-14H2,1-3H3,(H,23,27)/t15-,16+. The summed E-state index contributed by atoms with van der Waals surface area (Å²) in [6.45, 7) is 9.08. The van der Waals surface area contributed by atoms with E-state index in [9.17, 15) is 4.79 Å². The van der Waals surface area contributed by atoms with Gasteiger partial charge in [-0.15, -0.1) is 0 Å². The quantitative estimate of drug-likeness (QED) is 0.808. The zero-order chi connectivity index (χ0) is 19.7. The highest BCUT2D eigenvalue weighted by atomic mass is 16.5. The molecule has 0 radical (unpaired) electrons. The first-order valence-corrected chi connectivity index (χ1v) is 10.3. The van der Waals surface area contributed by atoms with Crippen LogP contribution in [0.5, 0.6) is 5.75 Å². The van der Waals surface area contributed by atoms with Crippen molar-refractivity contribution >= 4 is 5.91 Å². The molecule has 1 aromatic carbocycles. The normalized spacial score (nSPS) is 21.5. The number of rotatable bonds is 5. The van der Waals surface area contributed by atoms with Crippen LogP contribution in [0.1, 0.15) is 42.7 Å². The molecule has 1 saturated heterocycles. The maximum atomic E-state index is 12.7. The number of nitrogens with zero attached hydrogens (tertiary/aromatic N) is 3. The van der Waals surface area contributed by atoms with Gasteiger partial charge in [0.05, 0.1) is 5.69 Å². The molecule has 0 unspecified atom stereocenters. The number of hydrogen-bond acceptors (Lipinski definition) is 4. The maximum absolute atomic E-state index is 12.7. The predicted octanol–water partition coefficient (Wildman–Crippen LogP) is 3.08. The molecule has 2 aromatic rings. The Morgan fingerprint density at radius 3 is 2.79 bits per heavy atom. The number of amides is 1. The number of fused-ring (bicyclic) bond motifs is 3. The molecule has 1 fully saturated rings. The Kier molecular flexibility index (Phi) is 5.40. The van der Waals surface area contributed by atoms with Crippen LogP contribution in [0.4, 0.5) is 0 Å². The first-order chi connectivity index (χ1) is 13.5. The van der Waals surface area contributed by atoms with E-state index >= 15 is 0 Å². The predicted molar refractivity (Wildman–Crippen MR) is 109 cm³/mol. The fourth-order valence-electron chi connectivity index (χ4n) is 4.72. The third-order valence-corrected chi connectivity index (χ3v) is 5.76. The lowest BCUT2D eigenvalue weighted by Gasteiger charge is -2.34. The lowest BCUT2D eigenvalue weighted by molar-refractivity contribution is 0.0939. The fraction of sp³-hybridized carbons (Fsp3) is 0.545. The summed E-state index contributed by atoms with van der Waals surface area (Å²) in [5, 5.41) is 7.55. The highest BCUT2D eigenvalue weighted by molar-refractivity contribution is 5.96. The van der Waals surface area contributed by atoms with Crippen molar-refractivity contribution in [1.82, 2.24) is 20.0 Å². The van der Waals surface area contributed by atoms with Crippen molar-refractivity contribution in [1.29, 1.82) is 0 Å². The Bertz CT molecular complexity index is 850. The van der Waals surface area contributed by atoms with Crippen LogP contribution in [-0.4, -0.2) is 46.8 Å². The van der Waals surface area contributed by atoms with Crippen molar-refractivity contribution in [2.75, 3.05) is 26.2 Å². The van der Waals surface area contributed by atoms with Gasteiger partial charge in [0, 0.05) is 37.8 Å². The summed E-state index contributed by atoms with van der Waals surface area (Å²) < 4.78 is 7.63. The van der Waals surface area contributed by atoms with Gasteiger partial charge in [-0.1, -0.05) is 26.0 Å². The Morgan fingerprint density at radius 2 is 2.00 bits per heavy atom. The number of ether oxygens (including phenoxy) is 1. The first kappa shape index (κ1) is 19.0. The van der Waals surface area contributed by atoms with E-state index in [0.717, 1.165) is 47.4 Å². The molecule has 1 N–H and O–H groups in total. The smallest absolute Gasteiger partial charge is 0.272 e. The maximum Gasteiger partial charge on any atom is 0.272 e. The molecule has 6 nitrogen and oxygen atoms in total. The number of aromatic nitrogens is 2. The minimum absolute atomic E-state index is 0.111. The fourth-order valence-corrected chi connectivity index (χ4v) is 4.72. The number of aryl methyl sites for hydroxylation is 1. The average Bonchev–Trinajstić information content (AvgIpc) is 3.01. The molecule has 0 bridgehead atoms. The number of piperidine rings is 1. The molecule has 2 atom stereocenters. The molecule has 3 heterocycles. The van der Waals surface area contributed by atoms with E-state index in [1.165, 1.54) is 19.5 Å². The van der Waals surface area contributed by atoms with Crippen molar-refractivity contribution in [3.05, 3.63) is 35.5 Å². The SMILES string of the molecule is C[C@@H]1C[C@H](C)CN(CCCNC(=O)c2nn(C)c3c2COc2ccccc2-3)C1. The topological polar surface area (TPSA) is 59.4 Å². The van der Waals surface area contributed by atoms with Gasteiger partial charge < -0.3 is 15.0 Å². The molecule has 1 aromatic heterocycles. The summed E-state index contributed by atoms with van der Waals surface area (Å²) in [5.41, 5.74) is 3.32. The molecule has 2 aliphatic heterocycles. The van der Waals surface area contributed by atoms with E-state index in [2.05, 4.69) is 29.2 Å². The van der Waals surface area contributed by atoms with E-state index < -0.39 is 0 Å². The summed E-state index contributed by atoms with van der Waals surface area (Å²) in [6, 6.07) is 7.90. The van der Waals surface area contributed by atoms with Gasteiger partial charge in [-0.25, -0.2) is 0 Å². The van der Waals surface area contributed by atoms with Gasteiger partial charge in [-0.05, 0) is 43.4 Å². The van der Waals surface area contributed by atoms with Gasteiger partial charge in [-0.2, -0.15) is 5.10 Å². The Morgan fingerprint density at radius 1 is 1.25 bits per heavy atom. The van der Waals surface area contributed by atoms with Crippen LogP contribution >= 0.6 is 0 Å². The minimum atomic E-state index is -0.111. The molecule has 1 amide bonds. The zero-order valence-electron chi connectivity index (χ0n) is 17.1. The zero-order valence-corrected chi connectivity index (χ0v) is 17.1. The first-order valence-electron chi connectivity index (χ1n) is 10.3. The van der Waals surface area contributed by atoms with Crippen molar-refractivity contribution in [3.8, 4) is 17.0 Å². The van der Waals surface area contributed by atoms with E-state index in [1.807, 2.05) is 31.3 Å². The van der Waals surface area contributed by atoms with Crippen LogP contribution in [0, 0.1) is 11.8 Å². The van der Waals surface area contributed by atoms with E-state index in [-0.39, 0.29) is 5.91 Å². The molecular formula is C22H30N4O2. The highest BCUT2D eigenvalue weighted by Gasteiger charge is 2.28. The van der Waals surface area contributed by atoms with Gasteiger partial charge in [0.25, 0.3) is 5.91 Å². The van der Waals surface area contributed by atoms with Crippen LogP contribution < -0.4 is 10.1 Å². The minimum Gasteiger partial charge on any atom is -0.488 e. The summed E-state index contributed by atoms with van der Waals surface area (Å²) >= 11 is 0. The van der Waals surface area contributed by atoms with Crippen molar-refractivity contribution in [2.24, 2.45) is 18.9 Å². The molecule has 6 heteroatoms. The number of carbonyl (C=O) groups is 1. The van der Waals surface area contributed by atoms with Gasteiger partial charge in [-0.3, -0.25) is 9.48 Å². The second-order valence-corrected chi connectivity index (χ2v) is 8.40. The number of benzene rings is 1. The van der Waals surface area contributed by atoms with Gasteiger partial charge in [0.15, 0.2) is 5.69 Å². The third-order valence-electron chi connectivity index (χ3n) is 5.76. The second kappa shape index (κ2) is 7.95. The Balaban J connectivity index is 1.36.